The molecule has 1 aliphatic rings. The molecule has 1 heterocycles. The molecule has 7 heteroatoms. The number of hydrogen-bond acceptors (Lipinski definition) is 5. The monoisotopic (exact) mass is 380 g/mol. The standard InChI is InChI=1S/C21H20N2O5/c1-14(2)28-19(24)13-27-18-11-7-6-8-15(18)12-17-20(25)22-23(21(17)26)16-9-4-3-5-10-16/h3-12,14H,13H2,1-2H3,(H,22,25). The average molecular weight is 380 g/mol. The zero-order chi connectivity index (χ0) is 20.1. The van der Waals surface area contributed by atoms with Crippen molar-refractivity contribution in [2.45, 2.75) is 20.0 Å². The second kappa shape index (κ2) is 8.39. The lowest BCUT2D eigenvalue weighted by Crippen LogP contribution is -2.35. The van der Waals surface area contributed by atoms with Crippen LogP contribution >= 0.6 is 0 Å². The van der Waals surface area contributed by atoms with E-state index >= 15 is 0 Å². The Balaban J connectivity index is 1.81. The van der Waals surface area contributed by atoms with Crippen LogP contribution < -0.4 is 15.2 Å². The van der Waals surface area contributed by atoms with Crippen molar-refractivity contribution in [2.24, 2.45) is 0 Å². The van der Waals surface area contributed by atoms with E-state index in [-0.39, 0.29) is 18.3 Å². The number of hydrogen-bond donors (Lipinski definition) is 1. The van der Waals surface area contributed by atoms with Gasteiger partial charge in [-0.1, -0.05) is 36.4 Å². The Morgan fingerprint density at radius 1 is 1.07 bits per heavy atom. The van der Waals surface area contributed by atoms with Gasteiger partial charge in [0.15, 0.2) is 6.61 Å². The predicted octanol–water partition coefficient (Wildman–Crippen LogP) is 2.48. The molecule has 7 nitrogen and oxygen atoms in total. The number of benzene rings is 2. The van der Waals surface area contributed by atoms with E-state index in [2.05, 4.69) is 5.43 Å². The third kappa shape index (κ3) is 4.37. The third-order valence-electron chi connectivity index (χ3n) is 3.84. The molecule has 0 bridgehead atoms. The van der Waals surface area contributed by atoms with Crippen LogP contribution in [-0.4, -0.2) is 30.5 Å². The van der Waals surface area contributed by atoms with Crippen LogP contribution in [0.25, 0.3) is 6.08 Å². The van der Waals surface area contributed by atoms with Crippen molar-refractivity contribution in [3.63, 3.8) is 0 Å². The van der Waals surface area contributed by atoms with Gasteiger partial charge in [-0.05, 0) is 38.1 Å². The van der Waals surface area contributed by atoms with Gasteiger partial charge in [-0.15, -0.1) is 0 Å². The van der Waals surface area contributed by atoms with Crippen molar-refractivity contribution in [2.75, 3.05) is 11.6 Å². The Kier molecular flexibility index (Phi) is 5.74. The van der Waals surface area contributed by atoms with Crippen LogP contribution in [0.4, 0.5) is 5.69 Å². The summed E-state index contributed by atoms with van der Waals surface area (Å²) in [5.74, 6) is -1.11. The van der Waals surface area contributed by atoms with E-state index in [0.29, 0.717) is 17.0 Å². The van der Waals surface area contributed by atoms with E-state index in [1.165, 1.54) is 11.1 Å². The highest BCUT2D eigenvalue weighted by molar-refractivity contribution is 6.31. The fraction of sp³-hybridized carbons (Fsp3) is 0.190. The molecule has 2 aromatic rings. The normalized spacial score (nSPS) is 15.1. The smallest absolute Gasteiger partial charge is 0.344 e. The van der Waals surface area contributed by atoms with Gasteiger partial charge in [0.2, 0.25) is 0 Å². The molecule has 0 spiro atoms. The molecule has 2 amide bonds. The molecule has 1 saturated heterocycles. The van der Waals surface area contributed by atoms with Gasteiger partial charge in [0.25, 0.3) is 11.8 Å². The molecule has 0 aromatic heterocycles. The zero-order valence-corrected chi connectivity index (χ0v) is 15.5. The first-order valence-corrected chi connectivity index (χ1v) is 8.79. The van der Waals surface area contributed by atoms with Crippen LogP contribution in [0.3, 0.4) is 0 Å². The largest absolute Gasteiger partial charge is 0.481 e. The molecular weight excluding hydrogens is 360 g/mol. The number of rotatable bonds is 6. The molecular formula is C21H20N2O5. The number of carbonyl (C=O) groups is 3. The summed E-state index contributed by atoms with van der Waals surface area (Å²) in [4.78, 5) is 36.7. The topological polar surface area (TPSA) is 84.9 Å². The summed E-state index contributed by atoms with van der Waals surface area (Å²) in [5.41, 5.74) is 3.59. The van der Waals surface area contributed by atoms with Gasteiger partial charge in [0.05, 0.1) is 11.8 Å². The van der Waals surface area contributed by atoms with Crippen molar-refractivity contribution < 1.29 is 23.9 Å². The quantitative estimate of drug-likeness (QED) is 0.473. The highest BCUT2D eigenvalue weighted by atomic mass is 16.6. The lowest BCUT2D eigenvalue weighted by atomic mass is 10.1. The zero-order valence-electron chi connectivity index (χ0n) is 15.5. The van der Waals surface area contributed by atoms with Crippen LogP contribution in [-0.2, 0) is 19.1 Å². The van der Waals surface area contributed by atoms with Crippen LogP contribution in [0.2, 0.25) is 0 Å². The van der Waals surface area contributed by atoms with E-state index in [1.54, 1.807) is 62.4 Å². The maximum absolute atomic E-state index is 12.7. The fourth-order valence-corrected chi connectivity index (χ4v) is 2.64. The molecule has 1 fully saturated rings. The molecule has 0 radical (unpaired) electrons. The average Bonchev–Trinajstić information content (AvgIpc) is 2.96. The summed E-state index contributed by atoms with van der Waals surface area (Å²) in [6.45, 7) is 3.23. The lowest BCUT2D eigenvalue weighted by molar-refractivity contribution is -0.149. The van der Waals surface area contributed by atoms with Crippen LogP contribution in [0.15, 0.2) is 60.2 Å². The van der Waals surface area contributed by atoms with E-state index in [1.807, 2.05) is 6.07 Å². The molecule has 1 aliphatic heterocycles. The number of esters is 1. The minimum absolute atomic E-state index is 0.0235. The molecule has 2 aromatic carbocycles. The van der Waals surface area contributed by atoms with Gasteiger partial charge >= 0.3 is 5.97 Å². The molecule has 144 valence electrons. The number of nitrogens with one attached hydrogen (secondary N) is 1. The first-order valence-electron chi connectivity index (χ1n) is 8.79. The molecule has 3 rings (SSSR count). The first kappa shape index (κ1) is 19.2. The SMILES string of the molecule is CC(C)OC(=O)COc1ccccc1C=C1C(=O)NN(c2ccccc2)C1=O. The first-order chi connectivity index (χ1) is 13.5. The molecule has 0 saturated carbocycles. The number of para-hydroxylation sites is 2. The van der Waals surface area contributed by atoms with Gasteiger partial charge in [0.1, 0.15) is 11.3 Å². The third-order valence-corrected chi connectivity index (χ3v) is 3.84. The number of hydrazine groups is 1. The molecule has 0 atom stereocenters. The highest BCUT2D eigenvalue weighted by Crippen LogP contribution is 2.25. The maximum Gasteiger partial charge on any atom is 0.344 e. The minimum atomic E-state index is -0.511. The second-order valence-electron chi connectivity index (χ2n) is 6.34. The van der Waals surface area contributed by atoms with Crippen molar-refractivity contribution in [1.82, 2.24) is 5.43 Å². The summed E-state index contributed by atoms with van der Waals surface area (Å²) >= 11 is 0. The summed E-state index contributed by atoms with van der Waals surface area (Å²) in [5, 5.41) is 1.19. The van der Waals surface area contributed by atoms with Crippen molar-refractivity contribution >= 4 is 29.5 Å². The highest BCUT2D eigenvalue weighted by Gasteiger charge is 2.34. The number of ether oxygens (including phenoxy) is 2. The van der Waals surface area contributed by atoms with Crippen molar-refractivity contribution in [1.29, 1.82) is 0 Å². The van der Waals surface area contributed by atoms with Crippen molar-refractivity contribution in [3.05, 3.63) is 65.7 Å². The van der Waals surface area contributed by atoms with E-state index in [4.69, 9.17) is 9.47 Å². The van der Waals surface area contributed by atoms with Gasteiger partial charge in [-0.25, -0.2) is 9.80 Å². The van der Waals surface area contributed by atoms with E-state index < -0.39 is 17.8 Å². The minimum Gasteiger partial charge on any atom is -0.481 e. The number of amides is 2. The van der Waals surface area contributed by atoms with E-state index in [9.17, 15) is 14.4 Å². The van der Waals surface area contributed by atoms with Gasteiger partial charge in [0, 0.05) is 5.56 Å². The lowest BCUT2D eigenvalue weighted by Gasteiger charge is -2.14. The molecule has 1 N–H and O–H groups in total. The predicted molar refractivity (Wildman–Crippen MR) is 103 cm³/mol. The molecule has 28 heavy (non-hydrogen) atoms. The Bertz CT molecular complexity index is 921. The number of anilines is 1. The molecule has 0 unspecified atom stereocenters. The maximum atomic E-state index is 12.7. The number of nitrogens with zero attached hydrogens (tertiary/aromatic N) is 1. The van der Waals surface area contributed by atoms with E-state index in [0.717, 1.165) is 0 Å². The van der Waals surface area contributed by atoms with Crippen LogP contribution in [0, 0.1) is 0 Å². The van der Waals surface area contributed by atoms with Gasteiger partial charge < -0.3 is 9.47 Å². The van der Waals surface area contributed by atoms with Crippen molar-refractivity contribution in [3.8, 4) is 5.75 Å². The van der Waals surface area contributed by atoms with Gasteiger partial charge in [-0.2, -0.15) is 0 Å². The number of carbonyl (C=O) groups excluding carboxylic acids is 3. The summed E-state index contributed by atoms with van der Waals surface area (Å²) < 4.78 is 10.6. The summed E-state index contributed by atoms with van der Waals surface area (Å²) in [7, 11) is 0. The van der Waals surface area contributed by atoms with Crippen LogP contribution in [0.5, 0.6) is 5.75 Å². The Morgan fingerprint density at radius 3 is 2.46 bits per heavy atom. The van der Waals surface area contributed by atoms with Crippen LogP contribution in [0.1, 0.15) is 19.4 Å². The molecule has 0 aliphatic carbocycles. The second-order valence-corrected chi connectivity index (χ2v) is 6.34. The summed E-state index contributed by atoms with van der Waals surface area (Å²) in [6.07, 6.45) is 1.21. The Morgan fingerprint density at radius 2 is 1.75 bits per heavy atom. The summed E-state index contributed by atoms with van der Waals surface area (Å²) in [6, 6.07) is 15.6. The Hall–Kier alpha value is -3.61. The Labute approximate surface area is 162 Å². The fourth-order valence-electron chi connectivity index (χ4n) is 2.64. The van der Waals surface area contributed by atoms with Gasteiger partial charge in [-0.3, -0.25) is 15.0 Å².